The molecule has 4 rings (SSSR count). The maximum Gasteiger partial charge on any atom is 0.303 e. The van der Waals surface area contributed by atoms with E-state index in [0.29, 0.717) is 11.9 Å². The highest BCUT2D eigenvalue weighted by Crippen LogP contribution is 2.28. The zero-order valence-corrected chi connectivity index (χ0v) is 17.4. The van der Waals surface area contributed by atoms with Crippen LogP contribution in [0.4, 0.5) is 0 Å². The molecule has 0 radical (unpaired) electrons. The minimum atomic E-state index is -3.26. The predicted molar refractivity (Wildman–Crippen MR) is 118 cm³/mol. The summed E-state index contributed by atoms with van der Waals surface area (Å²) >= 11 is 0. The van der Waals surface area contributed by atoms with E-state index < -0.39 is 15.8 Å². The molecule has 0 spiro atoms. The van der Waals surface area contributed by atoms with Gasteiger partial charge in [0, 0.05) is 35.2 Å². The summed E-state index contributed by atoms with van der Waals surface area (Å²) in [5.74, 6) is -0.711. The SMILES string of the molecule is CCCC(=O)O.CS(=O)(=O)c1cccc(-c2ccc3[nH]c(=O)c4[nH]ccc4c3c2)c1. The van der Waals surface area contributed by atoms with Crippen LogP contribution in [0, 0.1) is 0 Å². The smallest absolute Gasteiger partial charge is 0.303 e. The van der Waals surface area contributed by atoms with Gasteiger partial charge in [-0.1, -0.05) is 25.1 Å². The van der Waals surface area contributed by atoms with E-state index in [1.165, 1.54) is 6.26 Å². The number of fused-ring (bicyclic) bond motifs is 3. The molecular formula is C22H22N2O5S. The molecule has 0 saturated carbocycles. The maximum atomic E-state index is 12.0. The minimum Gasteiger partial charge on any atom is -0.481 e. The molecule has 0 aliphatic carbocycles. The van der Waals surface area contributed by atoms with Gasteiger partial charge in [-0.3, -0.25) is 9.59 Å². The Bertz CT molecular complexity index is 1380. The Labute approximate surface area is 173 Å². The lowest BCUT2D eigenvalue weighted by Crippen LogP contribution is -2.05. The Morgan fingerprint density at radius 2 is 1.77 bits per heavy atom. The first kappa shape index (κ1) is 21.3. The van der Waals surface area contributed by atoms with E-state index in [-0.39, 0.29) is 10.5 Å². The fourth-order valence-corrected chi connectivity index (χ4v) is 3.81. The van der Waals surface area contributed by atoms with Crippen molar-refractivity contribution in [3.63, 3.8) is 0 Å². The summed E-state index contributed by atoms with van der Waals surface area (Å²) < 4.78 is 23.5. The van der Waals surface area contributed by atoms with Crippen LogP contribution in [0.2, 0.25) is 0 Å². The number of hydrogen-bond donors (Lipinski definition) is 3. The van der Waals surface area contributed by atoms with Crippen LogP contribution in [0.3, 0.4) is 0 Å². The standard InChI is InChI=1S/C18H14N2O3S.C4H8O2/c1-24(22,23)13-4-2-3-11(9-13)12-5-6-16-15(10-12)14-7-8-19-17(14)18(21)20-16;1-2-3-4(5)6/h2-10,19H,1H3,(H,20,21);2-3H2,1H3,(H,5,6). The molecule has 0 unspecified atom stereocenters. The van der Waals surface area contributed by atoms with Crippen LogP contribution in [-0.2, 0) is 14.6 Å². The van der Waals surface area contributed by atoms with Crippen molar-refractivity contribution in [3.8, 4) is 11.1 Å². The maximum absolute atomic E-state index is 12.0. The second-order valence-electron chi connectivity index (χ2n) is 6.92. The lowest BCUT2D eigenvalue weighted by molar-refractivity contribution is -0.137. The molecule has 30 heavy (non-hydrogen) atoms. The third-order valence-corrected chi connectivity index (χ3v) is 5.70. The van der Waals surface area contributed by atoms with Gasteiger partial charge in [-0.2, -0.15) is 0 Å². The fourth-order valence-electron chi connectivity index (χ4n) is 3.14. The number of sulfone groups is 1. The van der Waals surface area contributed by atoms with Gasteiger partial charge in [0.25, 0.3) is 5.56 Å². The molecule has 0 aliphatic heterocycles. The van der Waals surface area contributed by atoms with Gasteiger partial charge in [-0.05, 0) is 47.9 Å². The highest BCUT2D eigenvalue weighted by Gasteiger charge is 2.10. The van der Waals surface area contributed by atoms with Crippen molar-refractivity contribution in [1.82, 2.24) is 9.97 Å². The number of rotatable bonds is 4. The topological polar surface area (TPSA) is 120 Å². The first-order chi connectivity index (χ1) is 14.2. The van der Waals surface area contributed by atoms with Gasteiger partial charge in [0.1, 0.15) is 5.52 Å². The summed E-state index contributed by atoms with van der Waals surface area (Å²) in [5.41, 5.74) is 2.83. The molecule has 2 aromatic carbocycles. The monoisotopic (exact) mass is 426 g/mol. The molecule has 0 aliphatic rings. The lowest BCUT2D eigenvalue weighted by atomic mass is 10.0. The first-order valence-corrected chi connectivity index (χ1v) is 11.2. The van der Waals surface area contributed by atoms with E-state index in [2.05, 4.69) is 9.97 Å². The minimum absolute atomic E-state index is 0.158. The van der Waals surface area contributed by atoms with Gasteiger partial charge in [0.2, 0.25) is 0 Å². The number of carboxylic acid groups (broad SMARTS) is 1. The van der Waals surface area contributed by atoms with Crippen LogP contribution in [0.15, 0.2) is 64.4 Å². The fraction of sp³-hybridized carbons (Fsp3) is 0.182. The van der Waals surface area contributed by atoms with Crippen LogP contribution >= 0.6 is 0 Å². The van der Waals surface area contributed by atoms with E-state index in [9.17, 15) is 18.0 Å². The number of aromatic nitrogens is 2. The number of aliphatic carboxylic acids is 1. The van der Waals surface area contributed by atoms with Crippen molar-refractivity contribution in [2.24, 2.45) is 0 Å². The van der Waals surface area contributed by atoms with E-state index in [4.69, 9.17) is 5.11 Å². The van der Waals surface area contributed by atoms with Crippen molar-refractivity contribution < 1.29 is 18.3 Å². The summed E-state index contributed by atoms with van der Waals surface area (Å²) in [6, 6.07) is 14.4. The largest absolute Gasteiger partial charge is 0.481 e. The molecule has 2 aromatic heterocycles. The van der Waals surface area contributed by atoms with Gasteiger partial charge in [-0.15, -0.1) is 0 Å². The summed E-state index contributed by atoms with van der Waals surface area (Å²) in [5, 5.41) is 9.67. The zero-order chi connectivity index (χ0) is 21.9. The zero-order valence-electron chi connectivity index (χ0n) is 16.6. The number of aromatic amines is 2. The van der Waals surface area contributed by atoms with Gasteiger partial charge in [0.05, 0.1) is 4.90 Å². The molecule has 0 bridgehead atoms. The highest BCUT2D eigenvalue weighted by molar-refractivity contribution is 7.90. The second kappa shape index (κ2) is 8.54. The Morgan fingerprint density at radius 1 is 1.03 bits per heavy atom. The summed E-state index contributed by atoms with van der Waals surface area (Å²) in [7, 11) is -3.26. The van der Waals surface area contributed by atoms with E-state index in [1.807, 2.05) is 37.3 Å². The number of H-pyrrole nitrogens is 2. The predicted octanol–water partition coefficient (Wildman–Crippen LogP) is 3.95. The number of carbonyl (C=O) groups is 1. The average molecular weight is 426 g/mol. The lowest BCUT2D eigenvalue weighted by Gasteiger charge is -2.07. The quantitative estimate of drug-likeness (QED) is 0.456. The molecule has 0 fully saturated rings. The second-order valence-corrected chi connectivity index (χ2v) is 8.94. The Hall–Kier alpha value is -3.39. The van der Waals surface area contributed by atoms with Crippen LogP contribution in [-0.4, -0.2) is 35.7 Å². The van der Waals surface area contributed by atoms with Crippen LogP contribution in [0.5, 0.6) is 0 Å². The van der Waals surface area contributed by atoms with Crippen molar-refractivity contribution in [2.45, 2.75) is 24.7 Å². The highest BCUT2D eigenvalue weighted by atomic mass is 32.2. The first-order valence-electron chi connectivity index (χ1n) is 9.36. The van der Waals surface area contributed by atoms with Gasteiger partial charge in [0.15, 0.2) is 9.84 Å². The molecule has 4 aromatic rings. The Morgan fingerprint density at radius 3 is 2.40 bits per heavy atom. The molecule has 156 valence electrons. The number of hydrogen-bond acceptors (Lipinski definition) is 4. The van der Waals surface area contributed by atoms with Crippen LogP contribution in [0.25, 0.3) is 32.9 Å². The average Bonchev–Trinajstić information content (AvgIpc) is 3.19. The van der Waals surface area contributed by atoms with Crippen molar-refractivity contribution in [3.05, 3.63) is 65.1 Å². The third-order valence-electron chi connectivity index (χ3n) is 4.59. The Kier molecular flexibility index (Phi) is 6.07. The molecule has 3 N–H and O–H groups in total. The van der Waals surface area contributed by atoms with Gasteiger partial charge < -0.3 is 15.1 Å². The van der Waals surface area contributed by atoms with E-state index in [0.717, 1.165) is 33.8 Å². The molecule has 2 heterocycles. The summed E-state index contributed by atoms with van der Waals surface area (Å²) in [6.07, 6.45) is 3.95. The number of pyridine rings is 1. The third kappa shape index (κ3) is 4.60. The molecule has 0 atom stereocenters. The van der Waals surface area contributed by atoms with E-state index in [1.54, 1.807) is 24.4 Å². The Balaban J connectivity index is 0.000000377. The molecule has 0 saturated heterocycles. The van der Waals surface area contributed by atoms with E-state index >= 15 is 0 Å². The summed E-state index contributed by atoms with van der Waals surface area (Å²) in [6.45, 7) is 1.84. The van der Waals surface area contributed by atoms with Gasteiger partial charge >= 0.3 is 5.97 Å². The molecular weight excluding hydrogens is 404 g/mol. The molecule has 8 heteroatoms. The van der Waals surface area contributed by atoms with Crippen molar-refractivity contribution in [2.75, 3.05) is 6.26 Å². The number of benzene rings is 2. The molecule has 0 amide bonds. The van der Waals surface area contributed by atoms with Crippen molar-refractivity contribution >= 4 is 37.6 Å². The summed E-state index contributed by atoms with van der Waals surface area (Å²) in [4.78, 5) is 27.7. The number of carboxylic acids is 1. The van der Waals surface area contributed by atoms with Crippen LogP contribution in [0.1, 0.15) is 19.8 Å². The van der Waals surface area contributed by atoms with Crippen molar-refractivity contribution in [1.29, 1.82) is 0 Å². The normalized spacial score (nSPS) is 11.3. The van der Waals surface area contributed by atoms with Crippen LogP contribution < -0.4 is 5.56 Å². The number of nitrogens with one attached hydrogen (secondary N) is 2. The molecule has 7 nitrogen and oxygen atoms in total. The van der Waals surface area contributed by atoms with Gasteiger partial charge in [-0.25, -0.2) is 8.42 Å².